The van der Waals surface area contributed by atoms with E-state index in [4.69, 9.17) is 26.3 Å². The van der Waals surface area contributed by atoms with Gasteiger partial charge in [-0.25, -0.2) is 0 Å². The summed E-state index contributed by atoms with van der Waals surface area (Å²) in [5, 5.41) is 9.51. The molecule has 3 aliphatic rings. The van der Waals surface area contributed by atoms with Crippen LogP contribution in [0, 0.1) is 16.7 Å². The fourth-order valence-corrected chi connectivity index (χ4v) is 6.65. The highest BCUT2D eigenvalue weighted by Crippen LogP contribution is 2.47. The van der Waals surface area contributed by atoms with Crippen molar-refractivity contribution in [2.45, 2.75) is 57.4 Å². The zero-order valence-electron chi connectivity index (χ0n) is 25.2. The molecular weight excluding hydrogens is 595 g/mol. The van der Waals surface area contributed by atoms with Gasteiger partial charge in [-0.1, -0.05) is 24.2 Å². The molecule has 2 aromatic rings. The molecule has 2 fully saturated rings. The van der Waals surface area contributed by atoms with E-state index < -0.39 is 11.7 Å². The minimum absolute atomic E-state index is 0.0111. The number of para-hydroxylation sites is 1. The molecule has 5 rings (SSSR count). The molecule has 1 saturated heterocycles. The number of ether oxygens (including phenoxy) is 1. The summed E-state index contributed by atoms with van der Waals surface area (Å²) in [5.41, 5.74) is 0.520. The van der Waals surface area contributed by atoms with Gasteiger partial charge in [-0.05, 0) is 58.5 Å². The Morgan fingerprint density at radius 2 is 2.05 bits per heavy atom. The molecule has 1 aromatic carbocycles. The molecule has 1 saturated carbocycles. The molecule has 0 spiro atoms. The van der Waals surface area contributed by atoms with Gasteiger partial charge in [0.1, 0.15) is 5.82 Å². The first kappa shape index (κ1) is 31.9. The second kappa shape index (κ2) is 12.4. The number of amides is 1. The third-order valence-electron chi connectivity index (χ3n) is 8.66. The Morgan fingerprint density at radius 1 is 1.30 bits per heavy atom. The number of alkyl halides is 3. The van der Waals surface area contributed by atoms with Gasteiger partial charge in [0.2, 0.25) is 5.91 Å². The molecule has 0 radical (unpaired) electrons. The van der Waals surface area contributed by atoms with Crippen LogP contribution in [0.2, 0.25) is 5.02 Å². The molecule has 13 heteroatoms. The van der Waals surface area contributed by atoms with Gasteiger partial charge in [0, 0.05) is 43.2 Å². The smallest absolute Gasteiger partial charge is 0.418 e. The van der Waals surface area contributed by atoms with Crippen LogP contribution in [-0.4, -0.2) is 84.6 Å². The van der Waals surface area contributed by atoms with E-state index in [1.165, 1.54) is 18.2 Å². The third-order valence-corrected chi connectivity index (χ3v) is 8.97. The van der Waals surface area contributed by atoms with Crippen LogP contribution in [0.1, 0.15) is 43.0 Å². The summed E-state index contributed by atoms with van der Waals surface area (Å²) in [5.74, 6) is 0.386. The van der Waals surface area contributed by atoms with E-state index in [1.54, 1.807) is 9.80 Å². The number of anilines is 2. The Bertz CT molecular complexity index is 1460. The van der Waals surface area contributed by atoms with E-state index in [1.807, 2.05) is 25.9 Å². The van der Waals surface area contributed by atoms with Gasteiger partial charge in [0.25, 0.3) is 0 Å². The molecule has 1 amide bonds. The van der Waals surface area contributed by atoms with Crippen molar-refractivity contribution in [1.29, 1.82) is 5.26 Å². The average molecular weight is 632 g/mol. The van der Waals surface area contributed by atoms with Crippen molar-refractivity contribution in [1.82, 2.24) is 19.8 Å². The van der Waals surface area contributed by atoms with Crippen molar-refractivity contribution < 1.29 is 22.7 Å². The summed E-state index contributed by atoms with van der Waals surface area (Å²) in [7, 11) is 4.03. The summed E-state index contributed by atoms with van der Waals surface area (Å²) in [6, 6.07) is 5.42. The second-order valence-electron chi connectivity index (χ2n) is 12.3. The lowest BCUT2D eigenvalue weighted by atomic mass is 9.96. The predicted molar refractivity (Wildman–Crippen MR) is 162 cm³/mol. The van der Waals surface area contributed by atoms with Gasteiger partial charge in [0.15, 0.2) is 0 Å². The molecule has 2 aliphatic heterocycles. The number of fused-ring (bicyclic) bond motifs is 1. The van der Waals surface area contributed by atoms with E-state index in [0.29, 0.717) is 44.2 Å². The van der Waals surface area contributed by atoms with Crippen molar-refractivity contribution in [3.8, 4) is 12.1 Å². The van der Waals surface area contributed by atoms with Crippen LogP contribution in [0.5, 0.6) is 6.01 Å². The minimum Gasteiger partial charge on any atom is -0.463 e. The molecule has 44 heavy (non-hydrogen) atoms. The number of rotatable bonds is 9. The third kappa shape index (κ3) is 6.59. The monoisotopic (exact) mass is 631 g/mol. The standard InChI is InChI=1S/C31H37ClF3N7O2/c1-5-26(43)41-14-13-40(16-21(41)9-12-36)28-22-15-20(2)42(27-23(31(33,34)35)7-6-8-24(27)32)17-25(22)37-29(38-28)44-19-30(10-11-30)18-39(3)4/h5-8,20-21H,1,9-11,13-19H2,2-4H3. The molecule has 236 valence electrons. The van der Waals surface area contributed by atoms with E-state index in [0.717, 1.165) is 31.0 Å². The van der Waals surface area contributed by atoms with E-state index >= 15 is 0 Å². The summed E-state index contributed by atoms with van der Waals surface area (Å²) in [4.78, 5) is 29.6. The molecule has 0 bridgehead atoms. The lowest BCUT2D eigenvalue weighted by Crippen LogP contribution is -2.55. The highest BCUT2D eigenvalue weighted by Gasteiger charge is 2.44. The largest absolute Gasteiger partial charge is 0.463 e. The molecular formula is C31H37ClF3N7O2. The van der Waals surface area contributed by atoms with Gasteiger partial charge >= 0.3 is 12.2 Å². The van der Waals surface area contributed by atoms with Gasteiger partial charge in [-0.2, -0.15) is 28.4 Å². The van der Waals surface area contributed by atoms with Crippen molar-refractivity contribution in [2.75, 3.05) is 56.7 Å². The number of hydrogen-bond acceptors (Lipinski definition) is 8. The van der Waals surface area contributed by atoms with Crippen molar-refractivity contribution >= 4 is 29.0 Å². The summed E-state index contributed by atoms with van der Waals surface area (Å²) in [6.45, 7) is 8.00. The van der Waals surface area contributed by atoms with Crippen LogP contribution < -0.4 is 14.5 Å². The first-order valence-electron chi connectivity index (χ1n) is 14.7. The molecule has 2 atom stereocenters. The van der Waals surface area contributed by atoms with Crippen LogP contribution in [0.15, 0.2) is 30.9 Å². The summed E-state index contributed by atoms with van der Waals surface area (Å²) >= 11 is 6.41. The minimum atomic E-state index is -4.59. The number of aromatic nitrogens is 2. The first-order valence-corrected chi connectivity index (χ1v) is 15.1. The van der Waals surface area contributed by atoms with Gasteiger partial charge in [-0.3, -0.25) is 4.79 Å². The maximum Gasteiger partial charge on any atom is 0.418 e. The zero-order valence-corrected chi connectivity index (χ0v) is 26.0. The molecule has 1 aliphatic carbocycles. The highest BCUT2D eigenvalue weighted by atomic mass is 35.5. The Morgan fingerprint density at radius 3 is 2.68 bits per heavy atom. The number of piperazine rings is 1. The molecule has 3 heterocycles. The highest BCUT2D eigenvalue weighted by molar-refractivity contribution is 6.33. The normalized spacial score (nSPS) is 21.1. The second-order valence-corrected chi connectivity index (χ2v) is 12.7. The first-order chi connectivity index (χ1) is 20.9. The topological polar surface area (TPSA) is 88.8 Å². The van der Waals surface area contributed by atoms with E-state index in [-0.39, 0.29) is 53.1 Å². The molecule has 1 aromatic heterocycles. The lowest BCUT2D eigenvalue weighted by molar-refractivity contribution is -0.137. The van der Waals surface area contributed by atoms with Crippen LogP contribution in [-0.2, 0) is 23.9 Å². The fourth-order valence-electron chi connectivity index (χ4n) is 6.37. The number of carbonyl (C=O) groups is 1. The average Bonchev–Trinajstić information content (AvgIpc) is 3.73. The SMILES string of the molecule is C=CC(=O)N1CCN(c2nc(OCC3(CN(C)C)CC3)nc3c2CC(C)N(c2c(Cl)cccc2C(F)(F)F)C3)CC1CC#N. The van der Waals surface area contributed by atoms with Crippen LogP contribution in [0.3, 0.4) is 0 Å². The predicted octanol–water partition coefficient (Wildman–Crippen LogP) is 4.94. The summed E-state index contributed by atoms with van der Waals surface area (Å²) < 4.78 is 48.5. The van der Waals surface area contributed by atoms with Crippen LogP contribution in [0.4, 0.5) is 24.7 Å². The number of carbonyl (C=O) groups excluding carboxylic acids is 1. The van der Waals surface area contributed by atoms with Gasteiger partial charge in [0.05, 0.1) is 53.7 Å². The maximum atomic E-state index is 14.1. The Balaban J connectivity index is 1.53. The number of halogens is 4. The quantitative estimate of drug-likeness (QED) is 0.360. The molecule has 2 unspecified atom stereocenters. The number of benzene rings is 1. The Kier molecular flexibility index (Phi) is 9.01. The fraction of sp³-hybridized carbons (Fsp3) is 0.548. The van der Waals surface area contributed by atoms with Crippen LogP contribution >= 0.6 is 11.6 Å². The van der Waals surface area contributed by atoms with E-state index in [9.17, 15) is 23.2 Å². The zero-order chi connectivity index (χ0) is 31.8. The number of hydrogen-bond donors (Lipinski definition) is 0. The van der Waals surface area contributed by atoms with Crippen LogP contribution in [0.25, 0.3) is 0 Å². The van der Waals surface area contributed by atoms with Crippen molar-refractivity contribution in [3.05, 3.63) is 52.7 Å². The van der Waals surface area contributed by atoms with E-state index in [2.05, 4.69) is 17.5 Å². The lowest BCUT2D eigenvalue weighted by Gasteiger charge is -2.43. The molecule has 0 N–H and O–H groups in total. The number of nitriles is 1. The maximum absolute atomic E-state index is 14.1. The van der Waals surface area contributed by atoms with Crippen molar-refractivity contribution in [3.63, 3.8) is 0 Å². The summed E-state index contributed by atoms with van der Waals surface area (Å²) in [6.07, 6.45) is -0.787. The Hall–Kier alpha value is -3.56. The van der Waals surface area contributed by atoms with Gasteiger partial charge < -0.3 is 24.3 Å². The Labute approximate surface area is 260 Å². The van der Waals surface area contributed by atoms with Gasteiger partial charge in [-0.15, -0.1) is 0 Å². The van der Waals surface area contributed by atoms with Crippen molar-refractivity contribution in [2.24, 2.45) is 5.41 Å². The molecule has 9 nitrogen and oxygen atoms in total. The number of nitrogens with zero attached hydrogens (tertiary/aromatic N) is 7.